The summed E-state index contributed by atoms with van der Waals surface area (Å²) >= 11 is 0. The molecule has 1 amide bonds. The van der Waals surface area contributed by atoms with Crippen LogP contribution in [0.25, 0.3) is 11.0 Å². The quantitative estimate of drug-likeness (QED) is 0.941. The molecule has 0 radical (unpaired) electrons. The number of piperidine rings is 1. The topological polar surface area (TPSA) is 72.4 Å². The zero-order valence-electron chi connectivity index (χ0n) is 12.7. The Morgan fingerprint density at radius 1 is 1.50 bits per heavy atom. The molecule has 6 heteroatoms. The second-order valence-corrected chi connectivity index (χ2v) is 5.90. The fourth-order valence-corrected chi connectivity index (χ4v) is 2.99. The van der Waals surface area contributed by atoms with Crippen molar-refractivity contribution in [2.45, 2.75) is 32.2 Å². The van der Waals surface area contributed by atoms with E-state index in [2.05, 4.69) is 5.16 Å². The van der Waals surface area contributed by atoms with Crippen molar-refractivity contribution >= 4 is 29.3 Å². The number of hydrogen-bond donors (Lipinski definition) is 1. The van der Waals surface area contributed by atoms with Gasteiger partial charge in [0.1, 0.15) is 5.69 Å². The third-order valence-electron chi connectivity index (χ3n) is 4.32. The van der Waals surface area contributed by atoms with Gasteiger partial charge in [-0.1, -0.05) is 17.3 Å². The minimum Gasteiger partial charge on any atom is -0.356 e. The van der Waals surface area contributed by atoms with Crippen molar-refractivity contribution in [3.8, 4) is 0 Å². The van der Waals surface area contributed by atoms with Crippen molar-refractivity contribution in [1.82, 2.24) is 10.1 Å². The van der Waals surface area contributed by atoms with Crippen LogP contribution in [-0.2, 0) is 11.2 Å². The van der Waals surface area contributed by atoms with E-state index in [4.69, 9.17) is 10.3 Å². The molecule has 1 aromatic carbocycles. The van der Waals surface area contributed by atoms with Crippen molar-refractivity contribution in [3.05, 3.63) is 30.0 Å². The van der Waals surface area contributed by atoms with Crippen LogP contribution in [0, 0.1) is 5.92 Å². The third kappa shape index (κ3) is 3.42. The Kier molecular flexibility index (Phi) is 5.42. The fourth-order valence-electron chi connectivity index (χ4n) is 2.99. The van der Waals surface area contributed by atoms with Gasteiger partial charge in [0.15, 0.2) is 5.58 Å². The van der Waals surface area contributed by atoms with Gasteiger partial charge in [-0.2, -0.15) is 0 Å². The molecule has 22 heavy (non-hydrogen) atoms. The summed E-state index contributed by atoms with van der Waals surface area (Å²) in [4.78, 5) is 14.4. The Hall–Kier alpha value is -1.59. The van der Waals surface area contributed by atoms with Crippen LogP contribution in [-0.4, -0.2) is 35.1 Å². The molecule has 1 aromatic heterocycles. The summed E-state index contributed by atoms with van der Waals surface area (Å²) in [5, 5.41) is 4.96. The van der Waals surface area contributed by atoms with Crippen LogP contribution in [0.4, 0.5) is 0 Å². The molecule has 2 N–H and O–H groups in total. The number of nitrogens with zero attached hydrogens (tertiary/aromatic N) is 2. The molecule has 2 aromatic rings. The minimum absolute atomic E-state index is 0. The van der Waals surface area contributed by atoms with Crippen LogP contribution in [0.15, 0.2) is 28.8 Å². The highest BCUT2D eigenvalue weighted by molar-refractivity contribution is 5.86. The number of para-hydroxylation sites is 1. The van der Waals surface area contributed by atoms with E-state index in [9.17, 15) is 4.79 Å². The summed E-state index contributed by atoms with van der Waals surface area (Å²) in [6.45, 7) is 3.59. The van der Waals surface area contributed by atoms with Crippen molar-refractivity contribution in [3.63, 3.8) is 0 Å². The maximum atomic E-state index is 12.5. The highest BCUT2D eigenvalue weighted by Crippen LogP contribution is 2.22. The molecule has 1 aliphatic rings. The van der Waals surface area contributed by atoms with E-state index < -0.39 is 0 Å². The molecule has 1 aliphatic heterocycles. The zero-order chi connectivity index (χ0) is 14.8. The number of carbonyl (C=O) groups excluding carboxylic acids is 1. The second kappa shape index (κ2) is 7.11. The maximum Gasteiger partial charge on any atom is 0.228 e. The van der Waals surface area contributed by atoms with Crippen LogP contribution in [0.2, 0.25) is 0 Å². The molecule has 1 saturated heterocycles. The zero-order valence-corrected chi connectivity index (χ0v) is 13.5. The third-order valence-corrected chi connectivity index (χ3v) is 4.32. The van der Waals surface area contributed by atoms with Gasteiger partial charge < -0.3 is 15.2 Å². The number of fused-ring (bicyclic) bond motifs is 1. The molecule has 2 unspecified atom stereocenters. The predicted molar refractivity (Wildman–Crippen MR) is 87.9 cm³/mol. The Morgan fingerprint density at radius 2 is 2.27 bits per heavy atom. The SMILES string of the molecule is CC(N)C1CCCN(C(=O)Cc2noc3ccccc23)C1.Cl. The second-order valence-electron chi connectivity index (χ2n) is 5.90. The number of halogens is 1. The summed E-state index contributed by atoms with van der Waals surface area (Å²) < 4.78 is 5.26. The van der Waals surface area contributed by atoms with Gasteiger partial charge in [0, 0.05) is 24.5 Å². The van der Waals surface area contributed by atoms with Gasteiger partial charge in [-0.3, -0.25) is 4.79 Å². The van der Waals surface area contributed by atoms with E-state index >= 15 is 0 Å². The normalized spacial score (nSPS) is 19.7. The number of rotatable bonds is 3. The smallest absolute Gasteiger partial charge is 0.228 e. The molecule has 120 valence electrons. The largest absolute Gasteiger partial charge is 0.356 e. The van der Waals surface area contributed by atoms with Crippen LogP contribution >= 0.6 is 12.4 Å². The number of aromatic nitrogens is 1. The molecule has 1 fully saturated rings. The van der Waals surface area contributed by atoms with Crippen molar-refractivity contribution < 1.29 is 9.32 Å². The first-order valence-electron chi connectivity index (χ1n) is 7.52. The lowest BCUT2D eigenvalue weighted by atomic mass is 9.92. The summed E-state index contributed by atoms with van der Waals surface area (Å²) in [7, 11) is 0. The van der Waals surface area contributed by atoms with E-state index in [0.717, 1.165) is 42.6 Å². The maximum absolute atomic E-state index is 12.5. The lowest BCUT2D eigenvalue weighted by molar-refractivity contribution is -0.132. The number of benzene rings is 1. The fraction of sp³-hybridized carbons (Fsp3) is 0.500. The van der Waals surface area contributed by atoms with Crippen molar-refractivity contribution in [1.29, 1.82) is 0 Å². The van der Waals surface area contributed by atoms with Crippen LogP contribution in [0.5, 0.6) is 0 Å². The van der Waals surface area contributed by atoms with E-state index in [1.165, 1.54) is 0 Å². The molecule has 0 saturated carbocycles. The van der Waals surface area contributed by atoms with E-state index in [-0.39, 0.29) is 24.4 Å². The van der Waals surface area contributed by atoms with Gasteiger partial charge in [0.25, 0.3) is 0 Å². The predicted octanol–water partition coefficient (Wildman–Crippen LogP) is 2.38. The number of hydrogen-bond acceptors (Lipinski definition) is 4. The Labute approximate surface area is 136 Å². The number of likely N-dealkylation sites (tertiary alicyclic amines) is 1. The van der Waals surface area contributed by atoms with E-state index in [1.54, 1.807) is 0 Å². The van der Waals surface area contributed by atoms with Gasteiger partial charge in [0.2, 0.25) is 5.91 Å². The van der Waals surface area contributed by atoms with Gasteiger partial charge >= 0.3 is 0 Å². The van der Waals surface area contributed by atoms with Crippen LogP contribution in [0.1, 0.15) is 25.5 Å². The first-order chi connectivity index (χ1) is 10.1. The molecule has 0 aliphatic carbocycles. The van der Waals surface area contributed by atoms with E-state index in [1.807, 2.05) is 36.1 Å². The Bertz CT molecular complexity index is 641. The first kappa shape index (κ1) is 16.8. The standard InChI is InChI=1S/C16H21N3O2.ClH/c1-11(17)12-5-4-8-19(10-12)16(20)9-14-13-6-2-3-7-15(13)21-18-14;/h2-3,6-7,11-12H,4-5,8-10,17H2,1H3;1H. The summed E-state index contributed by atoms with van der Waals surface area (Å²) in [5.74, 6) is 0.510. The molecule has 0 spiro atoms. The number of nitrogens with two attached hydrogens (primary N) is 1. The minimum atomic E-state index is 0. The van der Waals surface area contributed by atoms with Gasteiger partial charge in [-0.05, 0) is 37.8 Å². The van der Waals surface area contributed by atoms with Crippen LogP contribution < -0.4 is 5.73 Å². The number of amides is 1. The molecule has 5 nitrogen and oxygen atoms in total. The van der Waals surface area contributed by atoms with Gasteiger partial charge in [-0.25, -0.2) is 0 Å². The molecule has 2 heterocycles. The monoisotopic (exact) mass is 323 g/mol. The lowest BCUT2D eigenvalue weighted by Gasteiger charge is -2.34. The lowest BCUT2D eigenvalue weighted by Crippen LogP contribution is -2.45. The van der Waals surface area contributed by atoms with Gasteiger partial charge in [-0.15, -0.1) is 12.4 Å². The van der Waals surface area contributed by atoms with Crippen molar-refractivity contribution in [2.75, 3.05) is 13.1 Å². The summed E-state index contributed by atoms with van der Waals surface area (Å²) in [6, 6.07) is 7.77. The highest BCUT2D eigenvalue weighted by Gasteiger charge is 2.26. The van der Waals surface area contributed by atoms with E-state index in [0.29, 0.717) is 12.3 Å². The molecule has 0 bridgehead atoms. The molecule has 3 rings (SSSR count). The Balaban J connectivity index is 0.00000176. The summed E-state index contributed by atoms with van der Waals surface area (Å²) in [5.41, 5.74) is 7.42. The Morgan fingerprint density at radius 3 is 3.05 bits per heavy atom. The highest BCUT2D eigenvalue weighted by atomic mass is 35.5. The summed E-state index contributed by atoms with van der Waals surface area (Å²) in [6.07, 6.45) is 2.43. The first-order valence-corrected chi connectivity index (χ1v) is 7.52. The average molecular weight is 324 g/mol. The van der Waals surface area contributed by atoms with Crippen LogP contribution in [0.3, 0.4) is 0 Å². The molecular formula is C16H22ClN3O2. The number of carbonyl (C=O) groups is 1. The van der Waals surface area contributed by atoms with Gasteiger partial charge in [0.05, 0.1) is 6.42 Å². The van der Waals surface area contributed by atoms with Crippen molar-refractivity contribution in [2.24, 2.45) is 11.7 Å². The average Bonchev–Trinajstić information content (AvgIpc) is 2.91. The molecular weight excluding hydrogens is 302 g/mol. The molecule has 2 atom stereocenters.